The molecule has 1 aromatic rings. The van der Waals surface area contributed by atoms with Gasteiger partial charge in [-0.25, -0.2) is 0 Å². The lowest BCUT2D eigenvalue weighted by molar-refractivity contribution is 0.688. The lowest BCUT2D eigenvalue weighted by Crippen LogP contribution is -2.20. The molecule has 1 aromatic heterocycles. The van der Waals surface area contributed by atoms with Crippen molar-refractivity contribution in [2.75, 3.05) is 5.32 Å². The van der Waals surface area contributed by atoms with Crippen LogP contribution in [0.4, 0.5) is 5.69 Å². The van der Waals surface area contributed by atoms with Crippen LogP contribution < -0.4 is 11.1 Å². The van der Waals surface area contributed by atoms with Crippen molar-refractivity contribution in [2.24, 2.45) is 5.73 Å². The summed E-state index contributed by atoms with van der Waals surface area (Å²) in [6.45, 7) is 0. The number of nitrogens with zero attached hydrogens (tertiary/aromatic N) is 1. The Morgan fingerprint density at radius 1 is 1.31 bits per heavy atom. The first-order chi connectivity index (χ1) is 6.34. The first-order valence-corrected chi connectivity index (χ1v) is 4.77. The van der Waals surface area contributed by atoms with E-state index in [0.717, 1.165) is 18.5 Å². The molecule has 2 atom stereocenters. The maximum Gasteiger partial charge on any atom is 0.0373 e. The van der Waals surface area contributed by atoms with Crippen molar-refractivity contribution in [3.63, 3.8) is 0 Å². The van der Waals surface area contributed by atoms with Crippen LogP contribution in [0.1, 0.15) is 19.3 Å². The van der Waals surface area contributed by atoms with Crippen molar-refractivity contribution < 1.29 is 0 Å². The van der Waals surface area contributed by atoms with Gasteiger partial charge in [-0.1, -0.05) is 0 Å². The van der Waals surface area contributed by atoms with Gasteiger partial charge in [-0.15, -0.1) is 0 Å². The minimum Gasteiger partial charge on any atom is -0.382 e. The topological polar surface area (TPSA) is 50.9 Å². The summed E-state index contributed by atoms with van der Waals surface area (Å²) < 4.78 is 0. The minimum atomic E-state index is 0.388. The van der Waals surface area contributed by atoms with E-state index in [2.05, 4.69) is 10.3 Å². The van der Waals surface area contributed by atoms with Crippen LogP contribution in [0, 0.1) is 0 Å². The van der Waals surface area contributed by atoms with Gasteiger partial charge < -0.3 is 11.1 Å². The molecule has 0 aromatic carbocycles. The first kappa shape index (κ1) is 8.51. The van der Waals surface area contributed by atoms with E-state index in [-0.39, 0.29) is 0 Å². The third kappa shape index (κ3) is 2.18. The Kier molecular flexibility index (Phi) is 2.45. The summed E-state index contributed by atoms with van der Waals surface area (Å²) >= 11 is 0. The van der Waals surface area contributed by atoms with Crippen molar-refractivity contribution >= 4 is 5.69 Å². The number of aromatic nitrogens is 1. The molecule has 1 aliphatic rings. The van der Waals surface area contributed by atoms with E-state index in [4.69, 9.17) is 5.73 Å². The molecule has 0 bridgehead atoms. The van der Waals surface area contributed by atoms with Crippen LogP contribution in [-0.4, -0.2) is 17.1 Å². The Hall–Kier alpha value is -1.09. The van der Waals surface area contributed by atoms with Crippen molar-refractivity contribution in [1.29, 1.82) is 0 Å². The van der Waals surface area contributed by atoms with Crippen LogP contribution in [0.5, 0.6) is 0 Å². The zero-order chi connectivity index (χ0) is 9.10. The third-order valence-corrected chi connectivity index (χ3v) is 2.52. The van der Waals surface area contributed by atoms with Gasteiger partial charge in [0.1, 0.15) is 0 Å². The van der Waals surface area contributed by atoms with E-state index in [1.54, 1.807) is 12.4 Å². The molecule has 3 nitrogen and oxygen atoms in total. The van der Waals surface area contributed by atoms with Crippen molar-refractivity contribution in [3.05, 3.63) is 24.5 Å². The van der Waals surface area contributed by atoms with Gasteiger partial charge in [0.05, 0.1) is 0 Å². The number of hydrogen-bond donors (Lipinski definition) is 2. The van der Waals surface area contributed by atoms with Gasteiger partial charge in [0.25, 0.3) is 0 Å². The molecule has 13 heavy (non-hydrogen) atoms. The average molecular weight is 177 g/mol. The van der Waals surface area contributed by atoms with Gasteiger partial charge in [0, 0.05) is 30.2 Å². The number of rotatable bonds is 2. The van der Waals surface area contributed by atoms with Gasteiger partial charge in [-0.05, 0) is 31.4 Å². The maximum absolute atomic E-state index is 5.83. The molecule has 2 unspecified atom stereocenters. The number of anilines is 1. The van der Waals surface area contributed by atoms with Gasteiger partial charge in [-0.2, -0.15) is 0 Å². The van der Waals surface area contributed by atoms with E-state index in [0.29, 0.717) is 12.1 Å². The van der Waals surface area contributed by atoms with E-state index in [9.17, 15) is 0 Å². The Morgan fingerprint density at radius 3 is 2.69 bits per heavy atom. The summed E-state index contributed by atoms with van der Waals surface area (Å²) in [5.74, 6) is 0. The summed E-state index contributed by atoms with van der Waals surface area (Å²) in [4.78, 5) is 3.97. The summed E-state index contributed by atoms with van der Waals surface area (Å²) in [6.07, 6.45) is 7.02. The Balaban J connectivity index is 1.92. The fourth-order valence-electron chi connectivity index (χ4n) is 1.83. The van der Waals surface area contributed by atoms with Crippen LogP contribution in [0.15, 0.2) is 24.5 Å². The second-order valence-electron chi connectivity index (χ2n) is 3.65. The predicted octanol–water partition coefficient (Wildman–Crippen LogP) is 1.37. The molecule has 1 aliphatic carbocycles. The average Bonchev–Trinajstić information content (AvgIpc) is 2.53. The number of nitrogens with one attached hydrogen (secondary N) is 1. The molecule has 0 radical (unpaired) electrons. The largest absolute Gasteiger partial charge is 0.382 e. The highest BCUT2D eigenvalue weighted by Crippen LogP contribution is 2.21. The maximum atomic E-state index is 5.83. The van der Waals surface area contributed by atoms with Gasteiger partial charge >= 0.3 is 0 Å². The summed E-state index contributed by atoms with van der Waals surface area (Å²) in [6, 6.07) is 4.92. The molecule has 1 heterocycles. The highest BCUT2D eigenvalue weighted by atomic mass is 14.9. The van der Waals surface area contributed by atoms with Crippen LogP contribution in [0.2, 0.25) is 0 Å². The Morgan fingerprint density at radius 2 is 2.08 bits per heavy atom. The second kappa shape index (κ2) is 3.75. The molecular formula is C10H15N3. The van der Waals surface area contributed by atoms with E-state index in [1.165, 1.54) is 6.42 Å². The second-order valence-corrected chi connectivity index (χ2v) is 3.65. The number of hydrogen-bond acceptors (Lipinski definition) is 3. The molecule has 3 heteroatoms. The van der Waals surface area contributed by atoms with Gasteiger partial charge in [0.15, 0.2) is 0 Å². The highest BCUT2D eigenvalue weighted by Gasteiger charge is 2.20. The molecule has 0 amide bonds. The predicted molar refractivity (Wildman–Crippen MR) is 53.5 cm³/mol. The quantitative estimate of drug-likeness (QED) is 0.717. The van der Waals surface area contributed by atoms with Crippen LogP contribution in [0.25, 0.3) is 0 Å². The molecule has 0 spiro atoms. The zero-order valence-electron chi connectivity index (χ0n) is 7.61. The van der Waals surface area contributed by atoms with Crippen molar-refractivity contribution in [2.45, 2.75) is 31.3 Å². The Bertz CT molecular complexity index is 260. The van der Waals surface area contributed by atoms with Crippen LogP contribution in [0.3, 0.4) is 0 Å². The first-order valence-electron chi connectivity index (χ1n) is 4.77. The number of pyridine rings is 1. The molecule has 1 fully saturated rings. The summed E-state index contributed by atoms with van der Waals surface area (Å²) in [5.41, 5.74) is 6.97. The molecule has 3 N–H and O–H groups in total. The SMILES string of the molecule is NC1CCC(Nc2ccncc2)C1. The fraction of sp³-hybridized carbons (Fsp3) is 0.500. The van der Waals surface area contributed by atoms with Gasteiger partial charge in [0.2, 0.25) is 0 Å². The standard InChI is InChI=1S/C10H15N3/c11-8-1-2-10(7-8)13-9-3-5-12-6-4-9/h3-6,8,10H,1-2,7,11H2,(H,12,13). The van der Waals surface area contributed by atoms with Crippen molar-refractivity contribution in [1.82, 2.24) is 4.98 Å². The minimum absolute atomic E-state index is 0.388. The zero-order valence-corrected chi connectivity index (χ0v) is 7.61. The molecule has 0 saturated heterocycles. The summed E-state index contributed by atoms with van der Waals surface area (Å²) in [7, 11) is 0. The molecular weight excluding hydrogens is 162 g/mol. The molecule has 2 rings (SSSR count). The monoisotopic (exact) mass is 177 g/mol. The smallest absolute Gasteiger partial charge is 0.0373 e. The normalized spacial score (nSPS) is 27.5. The lowest BCUT2D eigenvalue weighted by Gasteiger charge is -2.13. The highest BCUT2D eigenvalue weighted by molar-refractivity contribution is 5.42. The molecule has 70 valence electrons. The molecule has 1 saturated carbocycles. The van der Waals surface area contributed by atoms with Gasteiger partial charge in [-0.3, -0.25) is 4.98 Å². The fourth-order valence-corrected chi connectivity index (χ4v) is 1.83. The van der Waals surface area contributed by atoms with Crippen LogP contribution >= 0.6 is 0 Å². The third-order valence-electron chi connectivity index (χ3n) is 2.52. The van der Waals surface area contributed by atoms with Crippen molar-refractivity contribution in [3.8, 4) is 0 Å². The molecule has 0 aliphatic heterocycles. The number of nitrogens with two attached hydrogens (primary N) is 1. The Labute approximate surface area is 78.4 Å². The van der Waals surface area contributed by atoms with Crippen LogP contribution in [-0.2, 0) is 0 Å². The van der Waals surface area contributed by atoms with E-state index < -0.39 is 0 Å². The lowest BCUT2D eigenvalue weighted by atomic mass is 10.2. The van der Waals surface area contributed by atoms with E-state index >= 15 is 0 Å². The summed E-state index contributed by atoms with van der Waals surface area (Å²) in [5, 5.41) is 3.45. The van der Waals surface area contributed by atoms with E-state index in [1.807, 2.05) is 12.1 Å².